The average molecular weight is 335 g/mol. The lowest BCUT2D eigenvalue weighted by atomic mass is 10.0. The Bertz CT molecular complexity index is 885. The Morgan fingerprint density at radius 2 is 1.36 bits per heavy atom. The molecule has 1 amide bonds. The molecule has 0 saturated carbocycles. The van der Waals surface area contributed by atoms with E-state index in [2.05, 4.69) is 5.32 Å². The van der Waals surface area contributed by atoms with Gasteiger partial charge in [0.15, 0.2) is 0 Å². The van der Waals surface area contributed by atoms with Gasteiger partial charge in [-0.25, -0.2) is 8.78 Å². The van der Waals surface area contributed by atoms with Crippen LogP contribution in [0.3, 0.4) is 0 Å². The molecule has 0 fully saturated rings. The molecule has 124 valence electrons. The number of hydrogen-bond acceptors (Lipinski definition) is 1. The van der Waals surface area contributed by atoms with Crippen LogP contribution in [-0.2, 0) is 4.79 Å². The van der Waals surface area contributed by atoms with Gasteiger partial charge in [0.25, 0.3) is 5.91 Å². The summed E-state index contributed by atoms with van der Waals surface area (Å²) >= 11 is 0. The summed E-state index contributed by atoms with van der Waals surface area (Å²) in [4.78, 5) is 12.7. The highest BCUT2D eigenvalue weighted by Gasteiger charge is 2.13. The first-order chi connectivity index (χ1) is 12.1. The van der Waals surface area contributed by atoms with Gasteiger partial charge in [-0.3, -0.25) is 4.79 Å². The zero-order chi connectivity index (χ0) is 17.6. The van der Waals surface area contributed by atoms with Crippen molar-refractivity contribution in [1.29, 1.82) is 0 Å². The normalized spacial score (nSPS) is 11.2. The van der Waals surface area contributed by atoms with Crippen LogP contribution in [0.4, 0.5) is 14.5 Å². The highest BCUT2D eigenvalue weighted by molar-refractivity contribution is 6.29. The monoisotopic (exact) mass is 335 g/mol. The van der Waals surface area contributed by atoms with Crippen molar-refractivity contribution >= 4 is 23.2 Å². The second kappa shape index (κ2) is 7.53. The molecule has 3 aromatic carbocycles. The Morgan fingerprint density at radius 1 is 0.800 bits per heavy atom. The van der Waals surface area contributed by atoms with Crippen molar-refractivity contribution in [2.45, 2.75) is 0 Å². The number of nitrogens with one attached hydrogen (secondary N) is 1. The Labute approximate surface area is 144 Å². The van der Waals surface area contributed by atoms with E-state index in [1.807, 2.05) is 48.5 Å². The minimum Gasteiger partial charge on any atom is -0.322 e. The summed E-state index contributed by atoms with van der Waals surface area (Å²) in [5.74, 6) is -1.94. The summed E-state index contributed by atoms with van der Waals surface area (Å²) in [5.41, 5.74) is 2.02. The van der Waals surface area contributed by atoms with E-state index < -0.39 is 17.5 Å². The third kappa shape index (κ3) is 4.38. The number of halogens is 2. The Morgan fingerprint density at radius 3 is 1.96 bits per heavy atom. The fourth-order valence-corrected chi connectivity index (χ4v) is 2.44. The van der Waals surface area contributed by atoms with Gasteiger partial charge in [-0.15, -0.1) is 0 Å². The van der Waals surface area contributed by atoms with Crippen LogP contribution >= 0.6 is 0 Å². The molecule has 4 heteroatoms. The second-order valence-corrected chi connectivity index (χ2v) is 5.45. The van der Waals surface area contributed by atoms with Gasteiger partial charge >= 0.3 is 0 Å². The smallest absolute Gasteiger partial charge is 0.256 e. The lowest BCUT2D eigenvalue weighted by molar-refractivity contribution is -0.111. The summed E-state index contributed by atoms with van der Waals surface area (Å²) in [6.45, 7) is 0. The van der Waals surface area contributed by atoms with E-state index in [4.69, 9.17) is 0 Å². The fourth-order valence-electron chi connectivity index (χ4n) is 2.44. The molecule has 0 atom stereocenters. The molecule has 1 N–H and O–H groups in total. The summed E-state index contributed by atoms with van der Waals surface area (Å²) in [6.07, 6.45) is 1.74. The molecular weight excluding hydrogens is 320 g/mol. The van der Waals surface area contributed by atoms with Crippen LogP contribution in [0.1, 0.15) is 11.1 Å². The van der Waals surface area contributed by atoms with Gasteiger partial charge in [0.2, 0.25) is 0 Å². The van der Waals surface area contributed by atoms with Gasteiger partial charge < -0.3 is 5.32 Å². The first-order valence-electron chi connectivity index (χ1n) is 7.71. The fraction of sp³-hybridized carbons (Fsp3) is 0. The molecule has 25 heavy (non-hydrogen) atoms. The van der Waals surface area contributed by atoms with Gasteiger partial charge in [-0.2, -0.15) is 0 Å². The predicted molar refractivity (Wildman–Crippen MR) is 95.7 cm³/mol. The van der Waals surface area contributed by atoms with E-state index in [9.17, 15) is 13.6 Å². The molecule has 0 bridgehead atoms. The third-order valence-electron chi connectivity index (χ3n) is 3.56. The van der Waals surface area contributed by atoms with Crippen molar-refractivity contribution in [2.24, 2.45) is 0 Å². The van der Waals surface area contributed by atoms with Crippen molar-refractivity contribution in [3.05, 3.63) is 102 Å². The van der Waals surface area contributed by atoms with E-state index in [1.165, 1.54) is 0 Å². The maximum absolute atomic E-state index is 13.3. The maximum Gasteiger partial charge on any atom is 0.256 e. The van der Waals surface area contributed by atoms with E-state index >= 15 is 0 Å². The SMILES string of the molecule is O=C(Nc1cc(F)cc(F)c1)/C(=C\c1ccccc1)c1ccccc1. The van der Waals surface area contributed by atoms with Crippen LogP contribution < -0.4 is 5.32 Å². The number of amides is 1. The number of anilines is 1. The van der Waals surface area contributed by atoms with E-state index in [-0.39, 0.29) is 5.69 Å². The third-order valence-corrected chi connectivity index (χ3v) is 3.56. The Hall–Kier alpha value is -3.27. The van der Waals surface area contributed by atoms with Crippen LogP contribution in [0.2, 0.25) is 0 Å². The summed E-state index contributed by atoms with van der Waals surface area (Å²) in [5, 5.41) is 2.56. The molecule has 0 aliphatic heterocycles. The van der Waals surface area contributed by atoms with Crippen LogP contribution in [-0.4, -0.2) is 5.91 Å². The summed E-state index contributed by atoms with van der Waals surface area (Å²) < 4.78 is 26.7. The predicted octanol–water partition coefficient (Wildman–Crippen LogP) is 5.14. The summed E-state index contributed by atoms with van der Waals surface area (Å²) in [7, 11) is 0. The van der Waals surface area contributed by atoms with Gasteiger partial charge in [-0.1, -0.05) is 60.7 Å². The minimum atomic E-state index is -0.747. The van der Waals surface area contributed by atoms with Crippen LogP contribution in [0, 0.1) is 11.6 Å². The van der Waals surface area contributed by atoms with E-state index in [1.54, 1.807) is 18.2 Å². The highest BCUT2D eigenvalue weighted by Crippen LogP contribution is 2.21. The van der Waals surface area contributed by atoms with Crippen LogP contribution in [0.15, 0.2) is 78.9 Å². The minimum absolute atomic E-state index is 0.0670. The summed E-state index contributed by atoms with van der Waals surface area (Å²) in [6, 6.07) is 21.4. The van der Waals surface area contributed by atoms with Crippen LogP contribution in [0.5, 0.6) is 0 Å². The van der Waals surface area contributed by atoms with Gasteiger partial charge in [0, 0.05) is 17.3 Å². The second-order valence-electron chi connectivity index (χ2n) is 5.45. The molecular formula is C21H15F2NO. The van der Waals surface area contributed by atoms with E-state index in [0.717, 1.165) is 23.8 Å². The largest absolute Gasteiger partial charge is 0.322 e. The molecule has 2 nitrogen and oxygen atoms in total. The van der Waals surface area contributed by atoms with Gasteiger partial charge in [0.05, 0.1) is 0 Å². The zero-order valence-corrected chi connectivity index (χ0v) is 13.2. The molecule has 0 aromatic heterocycles. The highest BCUT2D eigenvalue weighted by atomic mass is 19.1. The lowest BCUT2D eigenvalue weighted by Gasteiger charge is -2.10. The van der Waals surface area contributed by atoms with E-state index in [0.29, 0.717) is 11.1 Å². The number of carbonyl (C=O) groups excluding carboxylic acids is 1. The number of carbonyl (C=O) groups is 1. The quantitative estimate of drug-likeness (QED) is 0.519. The molecule has 0 aliphatic carbocycles. The van der Waals surface area contributed by atoms with Crippen molar-refractivity contribution in [3.63, 3.8) is 0 Å². The number of hydrogen-bond donors (Lipinski definition) is 1. The van der Waals surface area contributed by atoms with Gasteiger partial charge in [0.1, 0.15) is 11.6 Å². The molecule has 0 heterocycles. The van der Waals surface area contributed by atoms with Crippen molar-refractivity contribution < 1.29 is 13.6 Å². The molecule has 0 unspecified atom stereocenters. The topological polar surface area (TPSA) is 29.1 Å². The Balaban J connectivity index is 1.96. The average Bonchev–Trinajstić information content (AvgIpc) is 2.60. The zero-order valence-electron chi connectivity index (χ0n) is 13.2. The molecule has 0 spiro atoms. The Kier molecular flexibility index (Phi) is 5.00. The van der Waals surface area contributed by atoms with Crippen molar-refractivity contribution in [2.75, 3.05) is 5.32 Å². The molecule has 0 aliphatic rings. The maximum atomic E-state index is 13.3. The standard InChI is InChI=1S/C21H15F2NO/c22-17-12-18(23)14-19(13-17)24-21(25)20(16-9-5-2-6-10-16)11-15-7-3-1-4-8-15/h1-14H,(H,24,25)/b20-11-. The molecule has 0 saturated heterocycles. The number of benzene rings is 3. The lowest BCUT2D eigenvalue weighted by Crippen LogP contribution is -2.14. The van der Waals surface area contributed by atoms with Gasteiger partial charge in [-0.05, 0) is 29.3 Å². The molecule has 3 rings (SSSR count). The van der Waals surface area contributed by atoms with Crippen molar-refractivity contribution in [3.8, 4) is 0 Å². The first kappa shape index (κ1) is 16.6. The first-order valence-corrected chi connectivity index (χ1v) is 7.71. The van der Waals surface area contributed by atoms with Crippen LogP contribution in [0.25, 0.3) is 11.6 Å². The molecule has 3 aromatic rings. The van der Waals surface area contributed by atoms with Crippen molar-refractivity contribution in [1.82, 2.24) is 0 Å². The molecule has 0 radical (unpaired) electrons. The number of rotatable bonds is 4.